The number of carbonyl (C=O) groups excluding carboxylic acids is 1. The summed E-state index contributed by atoms with van der Waals surface area (Å²) in [5, 5.41) is 2.93. The third-order valence-corrected chi connectivity index (χ3v) is 7.34. The van der Waals surface area contributed by atoms with Crippen molar-refractivity contribution in [2.45, 2.75) is 38.5 Å². The number of carbonyl (C=O) groups is 1. The van der Waals surface area contributed by atoms with Crippen LogP contribution in [0.25, 0.3) is 0 Å². The average molecular weight is 532 g/mol. The number of likely N-dealkylation sites (N-methyl/N-ethyl adjacent to an activating group) is 1. The zero-order chi connectivity index (χ0) is 20.9. The summed E-state index contributed by atoms with van der Waals surface area (Å²) in [6.45, 7) is 5.73. The number of halogens is 2. The van der Waals surface area contributed by atoms with Gasteiger partial charge >= 0.3 is 0 Å². The molecule has 2 aromatic carbocycles. The van der Waals surface area contributed by atoms with Gasteiger partial charge in [-0.3, -0.25) is 4.79 Å². The van der Waals surface area contributed by atoms with Gasteiger partial charge in [0.25, 0.3) is 0 Å². The molecular formula is C20H24Br2N2O3S. The van der Waals surface area contributed by atoms with Crippen LogP contribution < -0.4 is 5.32 Å². The highest BCUT2D eigenvalue weighted by atomic mass is 79.9. The Labute approximate surface area is 183 Å². The number of hydrogen-bond acceptors (Lipinski definition) is 3. The lowest BCUT2D eigenvalue weighted by Gasteiger charge is -2.21. The summed E-state index contributed by atoms with van der Waals surface area (Å²) in [6, 6.07) is 10.3. The van der Waals surface area contributed by atoms with E-state index >= 15 is 0 Å². The Morgan fingerprint density at radius 2 is 1.50 bits per heavy atom. The molecule has 0 aliphatic rings. The molecule has 0 heterocycles. The van der Waals surface area contributed by atoms with Gasteiger partial charge in [-0.1, -0.05) is 52.6 Å². The number of benzene rings is 2. The van der Waals surface area contributed by atoms with E-state index in [1.165, 1.54) is 16.4 Å². The first-order chi connectivity index (χ1) is 13.2. The standard InChI is InChI=1S/C20H24Br2N2O3S/c1-4-14-11-17(22)12-15(5-2)20(14)23-19(25)13-24(6-3)28(26,27)18-9-7-16(21)8-10-18/h7-12H,4-6,13H2,1-3H3,(H,23,25). The van der Waals surface area contributed by atoms with E-state index in [0.29, 0.717) is 0 Å². The van der Waals surface area contributed by atoms with Gasteiger partial charge in [0.2, 0.25) is 15.9 Å². The predicted molar refractivity (Wildman–Crippen MR) is 120 cm³/mol. The van der Waals surface area contributed by atoms with Crippen LogP contribution in [0.4, 0.5) is 5.69 Å². The minimum Gasteiger partial charge on any atom is -0.324 e. The molecule has 0 radical (unpaired) electrons. The Morgan fingerprint density at radius 3 is 1.96 bits per heavy atom. The number of aryl methyl sites for hydroxylation is 2. The molecule has 8 heteroatoms. The van der Waals surface area contributed by atoms with Gasteiger partial charge in [0.1, 0.15) is 0 Å². The molecule has 0 saturated carbocycles. The molecule has 0 saturated heterocycles. The summed E-state index contributed by atoms with van der Waals surface area (Å²) in [5.74, 6) is -0.353. The molecule has 152 valence electrons. The lowest BCUT2D eigenvalue weighted by atomic mass is 10.0. The van der Waals surface area contributed by atoms with Crippen LogP contribution in [0.2, 0.25) is 0 Å². The highest BCUT2D eigenvalue weighted by molar-refractivity contribution is 9.10. The van der Waals surface area contributed by atoms with Crippen molar-refractivity contribution in [1.82, 2.24) is 4.31 Å². The fourth-order valence-corrected chi connectivity index (χ4v) is 5.13. The molecule has 1 amide bonds. The fourth-order valence-electron chi connectivity index (χ4n) is 2.90. The first-order valence-electron chi connectivity index (χ1n) is 9.09. The summed E-state index contributed by atoms with van der Waals surface area (Å²) >= 11 is 6.80. The zero-order valence-electron chi connectivity index (χ0n) is 16.1. The molecule has 5 nitrogen and oxygen atoms in total. The third kappa shape index (κ3) is 5.43. The molecule has 28 heavy (non-hydrogen) atoms. The number of amides is 1. The highest BCUT2D eigenvalue weighted by Crippen LogP contribution is 2.28. The lowest BCUT2D eigenvalue weighted by molar-refractivity contribution is -0.116. The van der Waals surface area contributed by atoms with Crippen LogP contribution in [0.3, 0.4) is 0 Å². The minimum absolute atomic E-state index is 0.164. The van der Waals surface area contributed by atoms with Gasteiger partial charge < -0.3 is 5.32 Å². The van der Waals surface area contributed by atoms with Gasteiger partial charge in [-0.2, -0.15) is 4.31 Å². The number of rotatable bonds is 8. The van der Waals surface area contributed by atoms with Crippen LogP contribution in [0.1, 0.15) is 31.9 Å². The second-order valence-corrected chi connectivity index (χ2v) is 10.0. The number of hydrogen-bond donors (Lipinski definition) is 1. The molecule has 0 aliphatic carbocycles. The van der Waals surface area contributed by atoms with E-state index in [1.54, 1.807) is 19.1 Å². The van der Waals surface area contributed by atoms with E-state index in [-0.39, 0.29) is 23.9 Å². The van der Waals surface area contributed by atoms with E-state index in [1.807, 2.05) is 26.0 Å². The van der Waals surface area contributed by atoms with E-state index in [0.717, 1.165) is 38.6 Å². The van der Waals surface area contributed by atoms with Crippen molar-refractivity contribution in [2.75, 3.05) is 18.4 Å². The van der Waals surface area contributed by atoms with Crippen LogP contribution >= 0.6 is 31.9 Å². The average Bonchev–Trinajstić information content (AvgIpc) is 2.67. The molecule has 0 aromatic heterocycles. The number of nitrogens with zero attached hydrogens (tertiary/aromatic N) is 1. The van der Waals surface area contributed by atoms with Crippen molar-refractivity contribution in [1.29, 1.82) is 0 Å². The van der Waals surface area contributed by atoms with Crippen LogP contribution in [0, 0.1) is 0 Å². The van der Waals surface area contributed by atoms with Crippen LogP contribution in [-0.4, -0.2) is 31.7 Å². The Bertz CT molecular complexity index is 919. The van der Waals surface area contributed by atoms with Crippen molar-refractivity contribution in [3.8, 4) is 0 Å². The lowest BCUT2D eigenvalue weighted by Crippen LogP contribution is -2.38. The van der Waals surface area contributed by atoms with Gasteiger partial charge in [0.05, 0.1) is 11.4 Å². The summed E-state index contributed by atoms with van der Waals surface area (Å²) < 4.78 is 28.7. The SMILES string of the molecule is CCc1cc(Br)cc(CC)c1NC(=O)CN(CC)S(=O)(=O)c1ccc(Br)cc1. The summed E-state index contributed by atoms with van der Waals surface area (Å²) in [6.07, 6.45) is 1.52. The van der Waals surface area contributed by atoms with E-state index in [9.17, 15) is 13.2 Å². The largest absolute Gasteiger partial charge is 0.324 e. The minimum atomic E-state index is -3.75. The summed E-state index contributed by atoms with van der Waals surface area (Å²) in [7, 11) is -3.75. The molecule has 2 rings (SSSR count). The maximum Gasteiger partial charge on any atom is 0.243 e. The molecule has 2 aromatic rings. The van der Waals surface area contributed by atoms with Crippen molar-refractivity contribution in [3.63, 3.8) is 0 Å². The number of anilines is 1. The highest BCUT2D eigenvalue weighted by Gasteiger charge is 2.25. The second kappa shape index (κ2) is 10.0. The van der Waals surface area contributed by atoms with Crippen LogP contribution in [-0.2, 0) is 27.7 Å². The first-order valence-corrected chi connectivity index (χ1v) is 12.1. The maximum atomic E-state index is 12.9. The predicted octanol–water partition coefficient (Wildman–Crippen LogP) is 4.99. The van der Waals surface area contributed by atoms with E-state index in [4.69, 9.17) is 0 Å². The number of sulfonamides is 1. The Balaban J connectivity index is 2.25. The maximum absolute atomic E-state index is 12.9. The van der Waals surface area contributed by atoms with E-state index < -0.39 is 10.0 Å². The Hall–Kier alpha value is -1.22. The zero-order valence-corrected chi connectivity index (χ0v) is 20.1. The van der Waals surface area contributed by atoms with Crippen molar-refractivity contribution in [3.05, 3.63) is 56.5 Å². The normalized spacial score (nSPS) is 11.6. The Morgan fingerprint density at radius 1 is 0.964 bits per heavy atom. The van der Waals surface area contributed by atoms with Gasteiger partial charge in [0.15, 0.2) is 0 Å². The van der Waals surface area contributed by atoms with Gasteiger partial charge in [-0.25, -0.2) is 8.42 Å². The molecule has 0 fully saturated rings. The van der Waals surface area contributed by atoms with Crippen LogP contribution in [0.15, 0.2) is 50.2 Å². The van der Waals surface area contributed by atoms with E-state index in [2.05, 4.69) is 37.2 Å². The smallest absolute Gasteiger partial charge is 0.243 e. The topological polar surface area (TPSA) is 66.5 Å². The molecule has 1 N–H and O–H groups in total. The second-order valence-electron chi connectivity index (χ2n) is 6.24. The van der Waals surface area contributed by atoms with Gasteiger partial charge in [0, 0.05) is 21.2 Å². The molecule has 0 bridgehead atoms. The number of nitrogens with one attached hydrogen (secondary N) is 1. The summed E-state index contributed by atoms with van der Waals surface area (Å²) in [4.78, 5) is 12.9. The monoisotopic (exact) mass is 530 g/mol. The summed E-state index contributed by atoms with van der Waals surface area (Å²) in [5.41, 5.74) is 2.80. The van der Waals surface area contributed by atoms with Gasteiger partial charge in [-0.15, -0.1) is 0 Å². The molecule has 0 unspecified atom stereocenters. The Kier molecular flexibility index (Phi) is 8.24. The first kappa shape index (κ1) is 23.1. The fraction of sp³-hybridized carbons (Fsp3) is 0.350. The molecular weight excluding hydrogens is 508 g/mol. The van der Waals surface area contributed by atoms with Crippen molar-refractivity contribution >= 4 is 53.5 Å². The van der Waals surface area contributed by atoms with Crippen molar-refractivity contribution < 1.29 is 13.2 Å². The third-order valence-electron chi connectivity index (χ3n) is 4.42. The van der Waals surface area contributed by atoms with Gasteiger partial charge in [-0.05, 0) is 60.4 Å². The molecule has 0 aliphatic heterocycles. The van der Waals surface area contributed by atoms with Crippen molar-refractivity contribution in [2.24, 2.45) is 0 Å². The quantitative estimate of drug-likeness (QED) is 0.522. The molecule has 0 atom stereocenters. The molecule has 0 spiro atoms. The van der Waals surface area contributed by atoms with Crippen LogP contribution in [0.5, 0.6) is 0 Å².